The first-order valence-corrected chi connectivity index (χ1v) is 6.76. The molecule has 1 amide bonds. The number of aliphatic carboxylic acids is 2. The number of aliphatic hydroxyl groups excluding tert-OH is 1. The van der Waals surface area contributed by atoms with E-state index in [4.69, 9.17) is 5.11 Å². The summed E-state index contributed by atoms with van der Waals surface area (Å²) in [6.07, 6.45) is 0.385. The topological polar surface area (TPSA) is 115 Å². The van der Waals surface area contributed by atoms with E-state index < -0.39 is 29.9 Å². The average molecular weight is 299 g/mol. The molecule has 3 atom stereocenters. The van der Waals surface area contributed by atoms with Gasteiger partial charge in [-0.3, -0.25) is 4.79 Å². The molecular weight excluding hydrogens is 286 g/mol. The van der Waals surface area contributed by atoms with Gasteiger partial charge < -0.3 is 20.2 Å². The van der Waals surface area contributed by atoms with Gasteiger partial charge >= 0.3 is 11.9 Å². The lowest BCUT2D eigenvalue weighted by atomic mass is 9.83. The zero-order valence-electron chi connectivity index (χ0n) is 10.5. The van der Waals surface area contributed by atoms with Crippen molar-refractivity contribution in [3.05, 3.63) is 22.1 Å². The molecular formula is C12H13NO6S. The van der Waals surface area contributed by atoms with Crippen molar-refractivity contribution in [1.82, 2.24) is 4.90 Å². The van der Waals surface area contributed by atoms with Crippen LogP contribution in [0.5, 0.6) is 0 Å². The highest BCUT2D eigenvalue weighted by Gasteiger charge is 2.56. The predicted octanol–water partition coefficient (Wildman–Crippen LogP) is 0.226. The van der Waals surface area contributed by atoms with Crippen LogP contribution in [0.15, 0.2) is 22.1 Å². The molecule has 0 aromatic rings. The number of aliphatic hydroxyl groups is 1. The smallest absolute Gasteiger partial charge is 0.353 e. The molecule has 1 saturated heterocycles. The highest BCUT2D eigenvalue weighted by atomic mass is 32.2. The predicted molar refractivity (Wildman–Crippen MR) is 69.5 cm³/mol. The van der Waals surface area contributed by atoms with Crippen LogP contribution in [0.4, 0.5) is 0 Å². The minimum absolute atomic E-state index is 0.114. The van der Waals surface area contributed by atoms with E-state index in [0.717, 1.165) is 17.8 Å². The first kappa shape index (κ1) is 14.6. The van der Waals surface area contributed by atoms with E-state index >= 15 is 0 Å². The number of amides is 1. The first-order valence-electron chi connectivity index (χ1n) is 5.88. The Morgan fingerprint density at radius 2 is 2.10 bits per heavy atom. The fraction of sp³-hybridized carbons (Fsp3) is 0.417. The van der Waals surface area contributed by atoms with Crippen molar-refractivity contribution in [2.24, 2.45) is 5.92 Å². The molecule has 0 aliphatic carbocycles. The molecule has 0 aromatic carbocycles. The van der Waals surface area contributed by atoms with E-state index in [-0.39, 0.29) is 11.7 Å². The van der Waals surface area contributed by atoms with Gasteiger partial charge in [0, 0.05) is 17.4 Å². The minimum Gasteiger partial charge on any atom is -0.478 e. The maximum absolute atomic E-state index is 11.9. The largest absolute Gasteiger partial charge is 0.478 e. The van der Waals surface area contributed by atoms with Crippen LogP contribution < -0.4 is 0 Å². The van der Waals surface area contributed by atoms with Gasteiger partial charge in [0.2, 0.25) is 5.91 Å². The van der Waals surface area contributed by atoms with Gasteiger partial charge in [0.15, 0.2) is 0 Å². The Morgan fingerprint density at radius 3 is 2.60 bits per heavy atom. The lowest BCUT2D eigenvalue weighted by Crippen LogP contribution is -2.61. The maximum atomic E-state index is 11.9. The number of fused-ring (bicyclic) bond motifs is 1. The fourth-order valence-electron chi connectivity index (χ4n) is 2.51. The van der Waals surface area contributed by atoms with Gasteiger partial charge in [0.05, 0.1) is 18.1 Å². The molecule has 7 nitrogen and oxygen atoms in total. The summed E-state index contributed by atoms with van der Waals surface area (Å²) in [5, 5.41) is 28.5. The monoisotopic (exact) mass is 299 g/mol. The number of nitrogens with zero attached hydrogens (tertiary/aromatic N) is 1. The Hall–Kier alpha value is -1.80. The summed E-state index contributed by atoms with van der Waals surface area (Å²) in [4.78, 5) is 35.1. The van der Waals surface area contributed by atoms with Gasteiger partial charge in [-0.15, -0.1) is 0 Å². The van der Waals surface area contributed by atoms with Gasteiger partial charge in [0.1, 0.15) is 5.70 Å². The molecule has 3 N–H and O–H groups in total. The van der Waals surface area contributed by atoms with Crippen molar-refractivity contribution < 1.29 is 29.7 Å². The molecule has 0 radical (unpaired) electrons. The Labute approximate surface area is 118 Å². The number of β-lactam (4-membered cyclic amide) rings is 1. The van der Waals surface area contributed by atoms with E-state index in [1.54, 1.807) is 0 Å². The zero-order valence-corrected chi connectivity index (χ0v) is 11.3. The third-order valence-corrected chi connectivity index (χ3v) is 4.23. The van der Waals surface area contributed by atoms with Crippen molar-refractivity contribution >= 4 is 29.6 Å². The molecule has 2 heterocycles. The molecule has 0 unspecified atom stereocenters. The summed E-state index contributed by atoms with van der Waals surface area (Å²) in [6.45, 7) is 1.50. The maximum Gasteiger partial charge on any atom is 0.353 e. The third-order valence-electron chi connectivity index (χ3n) is 3.31. The van der Waals surface area contributed by atoms with Crippen LogP contribution in [0.3, 0.4) is 0 Å². The van der Waals surface area contributed by atoms with Crippen LogP contribution in [0.25, 0.3) is 0 Å². The number of carboxylic acids is 2. The highest BCUT2D eigenvalue weighted by molar-refractivity contribution is 8.05. The Morgan fingerprint density at radius 1 is 1.45 bits per heavy atom. The number of hydrogen-bond donors (Lipinski definition) is 3. The number of thioether (sulfide) groups is 1. The molecule has 0 aromatic heterocycles. The zero-order chi connectivity index (χ0) is 15.0. The van der Waals surface area contributed by atoms with E-state index in [0.29, 0.717) is 11.3 Å². The quantitative estimate of drug-likeness (QED) is 0.491. The molecule has 2 aliphatic heterocycles. The Kier molecular flexibility index (Phi) is 3.87. The standard InChI is InChI=1S/C12H13NO6S/c1-5(14)9-6-4-7(20-3-2-8(15)16)10(12(18)19)13(6)11(9)17/h2-3,5-6,9,14H,4H2,1H3,(H,15,16)(H,18,19)/t5-,6-,9-/m1/s1. The van der Waals surface area contributed by atoms with Gasteiger partial charge in [-0.05, 0) is 12.3 Å². The van der Waals surface area contributed by atoms with Crippen LogP contribution in [0.1, 0.15) is 13.3 Å². The lowest BCUT2D eigenvalue weighted by molar-refractivity contribution is -0.161. The lowest BCUT2D eigenvalue weighted by Gasteiger charge is -2.44. The molecule has 2 rings (SSSR count). The molecule has 0 spiro atoms. The molecule has 8 heteroatoms. The van der Waals surface area contributed by atoms with Crippen LogP contribution in [0.2, 0.25) is 0 Å². The number of carbonyl (C=O) groups excluding carboxylic acids is 1. The van der Waals surface area contributed by atoms with Crippen LogP contribution in [-0.2, 0) is 14.4 Å². The van der Waals surface area contributed by atoms with E-state index in [9.17, 15) is 24.6 Å². The Bertz CT molecular complexity index is 538. The molecule has 1 fully saturated rings. The number of rotatable bonds is 5. The molecule has 20 heavy (non-hydrogen) atoms. The molecule has 2 aliphatic rings. The molecule has 0 saturated carbocycles. The van der Waals surface area contributed by atoms with E-state index in [1.165, 1.54) is 17.2 Å². The van der Waals surface area contributed by atoms with Crippen molar-refractivity contribution in [2.75, 3.05) is 0 Å². The summed E-state index contributed by atoms with van der Waals surface area (Å²) < 4.78 is 0. The summed E-state index contributed by atoms with van der Waals surface area (Å²) in [5.74, 6) is -3.35. The molecule has 108 valence electrons. The van der Waals surface area contributed by atoms with Gasteiger partial charge in [-0.2, -0.15) is 0 Å². The number of carboxylic acid groups (broad SMARTS) is 2. The number of carbonyl (C=O) groups is 3. The normalized spacial score (nSPS) is 26.7. The van der Waals surface area contributed by atoms with Crippen LogP contribution in [-0.4, -0.2) is 50.2 Å². The SMILES string of the molecule is C[C@@H](O)[C@H]1C(=O)N2C(C(=O)O)=C(SC=CC(=O)O)C[C@H]12. The van der Waals surface area contributed by atoms with E-state index in [2.05, 4.69) is 0 Å². The van der Waals surface area contributed by atoms with Gasteiger partial charge in [-0.1, -0.05) is 11.8 Å². The van der Waals surface area contributed by atoms with Crippen molar-refractivity contribution in [2.45, 2.75) is 25.5 Å². The van der Waals surface area contributed by atoms with E-state index in [1.807, 2.05) is 0 Å². The summed E-state index contributed by atoms with van der Waals surface area (Å²) in [5.41, 5.74) is -0.114. The van der Waals surface area contributed by atoms with Crippen LogP contribution in [0, 0.1) is 5.92 Å². The summed E-state index contributed by atoms with van der Waals surface area (Å²) >= 11 is 0.974. The second-order valence-electron chi connectivity index (χ2n) is 4.58. The second kappa shape index (κ2) is 5.29. The van der Waals surface area contributed by atoms with Gasteiger partial charge in [0.25, 0.3) is 0 Å². The number of hydrogen-bond acceptors (Lipinski definition) is 5. The third kappa shape index (κ3) is 2.32. The first-order chi connectivity index (χ1) is 9.34. The van der Waals surface area contributed by atoms with Gasteiger partial charge in [-0.25, -0.2) is 9.59 Å². The summed E-state index contributed by atoms with van der Waals surface area (Å²) in [6, 6.07) is -0.352. The van der Waals surface area contributed by atoms with Crippen LogP contribution >= 0.6 is 11.8 Å². The fourth-order valence-corrected chi connectivity index (χ4v) is 3.42. The Balaban J connectivity index is 2.21. The highest BCUT2D eigenvalue weighted by Crippen LogP contribution is 2.47. The average Bonchev–Trinajstić information content (AvgIpc) is 2.63. The van der Waals surface area contributed by atoms with Crippen molar-refractivity contribution in [3.63, 3.8) is 0 Å². The van der Waals surface area contributed by atoms with Crippen molar-refractivity contribution in [1.29, 1.82) is 0 Å². The minimum atomic E-state index is -1.23. The molecule has 0 bridgehead atoms. The second-order valence-corrected chi connectivity index (χ2v) is 5.58. The van der Waals surface area contributed by atoms with Crippen molar-refractivity contribution in [3.8, 4) is 0 Å². The summed E-state index contributed by atoms with van der Waals surface area (Å²) in [7, 11) is 0.